The number of nitrogens with two attached hydrogens (primary N) is 1. The summed E-state index contributed by atoms with van der Waals surface area (Å²) in [7, 11) is 0. The van der Waals surface area contributed by atoms with Crippen LogP contribution < -0.4 is 5.73 Å². The zero-order chi connectivity index (χ0) is 24.1. The zero-order valence-electron chi connectivity index (χ0n) is 20.0. The van der Waals surface area contributed by atoms with Crippen LogP contribution in [0.15, 0.2) is 41.6 Å². The van der Waals surface area contributed by atoms with Crippen LogP contribution in [0, 0.1) is 19.8 Å². The number of carbonyl (C=O) groups is 2. The smallest absolute Gasteiger partial charge is 0.217 e. The van der Waals surface area contributed by atoms with Crippen molar-refractivity contribution in [2.24, 2.45) is 11.7 Å². The topological polar surface area (TPSA) is 95.8 Å². The maximum Gasteiger partial charge on any atom is 0.217 e. The molecule has 176 valence electrons. The van der Waals surface area contributed by atoms with Gasteiger partial charge in [0.25, 0.3) is 0 Å². The van der Waals surface area contributed by atoms with E-state index >= 15 is 0 Å². The van der Waals surface area contributed by atoms with Gasteiger partial charge in [-0.1, -0.05) is 55.9 Å². The molecule has 1 aromatic carbocycles. The summed E-state index contributed by atoms with van der Waals surface area (Å²) in [4.78, 5) is 24.4. The molecule has 0 bridgehead atoms. The highest BCUT2D eigenvalue weighted by Gasteiger charge is 2.21. The van der Waals surface area contributed by atoms with Crippen LogP contribution in [-0.2, 0) is 17.8 Å². The summed E-state index contributed by atoms with van der Waals surface area (Å²) in [6.45, 7) is 11.1. The zero-order valence-corrected chi connectivity index (χ0v) is 20.9. The summed E-state index contributed by atoms with van der Waals surface area (Å²) >= 11 is 1.39. The fraction of sp³-hybridized carbons (Fsp3) is 0.440. The monoisotopic (exact) mass is 467 g/mol. The molecule has 1 amide bonds. The van der Waals surface area contributed by atoms with Crippen LogP contribution in [0.3, 0.4) is 0 Å². The number of ketones is 1. The van der Waals surface area contributed by atoms with Gasteiger partial charge in [-0.05, 0) is 38.3 Å². The van der Waals surface area contributed by atoms with Gasteiger partial charge >= 0.3 is 0 Å². The number of thioether (sulfide) groups is 1. The lowest BCUT2D eigenvalue weighted by Crippen LogP contribution is -2.15. The van der Waals surface area contributed by atoms with Gasteiger partial charge < -0.3 is 14.9 Å². The quantitative estimate of drug-likeness (QED) is 0.334. The van der Waals surface area contributed by atoms with E-state index < -0.39 is 0 Å². The van der Waals surface area contributed by atoms with Crippen molar-refractivity contribution in [1.29, 1.82) is 0 Å². The number of primary amides is 1. The molecule has 2 heterocycles. The van der Waals surface area contributed by atoms with Crippen LogP contribution in [0.1, 0.15) is 66.4 Å². The fourth-order valence-electron chi connectivity index (χ4n) is 4.14. The Labute approximate surface area is 199 Å². The van der Waals surface area contributed by atoms with Gasteiger partial charge in [-0.25, -0.2) is 0 Å². The number of carbonyl (C=O) groups excluding carboxylic acids is 2. The Kier molecular flexibility index (Phi) is 8.13. The molecule has 0 aliphatic carbocycles. The van der Waals surface area contributed by atoms with Crippen molar-refractivity contribution in [1.82, 2.24) is 19.3 Å². The third kappa shape index (κ3) is 5.93. The summed E-state index contributed by atoms with van der Waals surface area (Å²) in [6.07, 6.45) is 0.674. The number of amides is 1. The molecule has 8 heteroatoms. The Bertz CT molecular complexity index is 1120. The Morgan fingerprint density at radius 1 is 1.09 bits per heavy atom. The van der Waals surface area contributed by atoms with E-state index in [2.05, 4.69) is 47.7 Å². The van der Waals surface area contributed by atoms with Gasteiger partial charge in [0.05, 0.1) is 11.8 Å². The maximum atomic E-state index is 13.2. The molecular weight excluding hydrogens is 434 g/mol. The molecule has 3 rings (SSSR count). The molecule has 0 saturated carbocycles. The third-order valence-electron chi connectivity index (χ3n) is 5.72. The average Bonchev–Trinajstić information content (AvgIpc) is 3.29. The molecule has 1 atom stereocenters. The number of benzene rings is 1. The highest BCUT2D eigenvalue weighted by molar-refractivity contribution is 7.99. The number of nitrogens with zero attached hydrogens (tertiary/aromatic N) is 4. The van der Waals surface area contributed by atoms with Crippen LogP contribution >= 0.6 is 11.8 Å². The van der Waals surface area contributed by atoms with E-state index in [1.165, 1.54) is 17.3 Å². The Morgan fingerprint density at radius 3 is 2.42 bits per heavy atom. The van der Waals surface area contributed by atoms with Gasteiger partial charge in [-0.2, -0.15) is 0 Å². The van der Waals surface area contributed by atoms with Crippen LogP contribution in [0.5, 0.6) is 0 Å². The Hall–Kier alpha value is -2.87. The molecule has 3 aromatic rings. The summed E-state index contributed by atoms with van der Waals surface area (Å²) in [6, 6.07) is 12.4. The molecule has 0 aliphatic heterocycles. The first-order valence-corrected chi connectivity index (χ1v) is 12.3. The second-order valence-electron chi connectivity index (χ2n) is 8.82. The molecule has 0 fully saturated rings. The summed E-state index contributed by atoms with van der Waals surface area (Å²) < 4.78 is 4.22. The predicted molar refractivity (Wildman–Crippen MR) is 132 cm³/mol. The number of hydrogen-bond donors (Lipinski definition) is 1. The van der Waals surface area contributed by atoms with Crippen LogP contribution in [0.4, 0.5) is 0 Å². The van der Waals surface area contributed by atoms with Gasteiger partial charge in [0.15, 0.2) is 10.9 Å². The van der Waals surface area contributed by atoms with Gasteiger partial charge in [-0.3, -0.25) is 9.59 Å². The molecular formula is C25H33N5O2S. The van der Waals surface area contributed by atoms with Crippen molar-refractivity contribution in [3.8, 4) is 0 Å². The molecule has 0 spiro atoms. The number of rotatable bonds is 11. The lowest BCUT2D eigenvalue weighted by molar-refractivity contribution is -0.118. The number of hydrogen-bond acceptors (Lipinski definition) is 5. The Morgan fingerprint density at radius 2 is 1.79 bits per heavy atom. The second-order valence-corrected chi connectivity index (χ2v) is 9.77. The second kappa shape index (κ2) is 10.8. The highest BCUT2D eigenvalue weighted by Crippen LogP contribution is 2.27. The van der Waals surface area contributed by atoms with Crippen molar-refractivity contribution in [2.45, 2.75) is 65.2 Å². The first kappa shape index (κ1) is 24.8. The van der Waals surface area contributed by atoms with E-state index in [1.807, 2.05) is 42.7 Å². The van der Waals surface area contributed by atoms with E-state index in [4.69, 9.17) is 5.73 Å². The van der Waals surface area contributed by atoms with Crippen molar-refractivity contribution in [3.05, 3.63) is 64.7 Å². The summed E-state index contributed by atoms with van der Waals surface area (Å²) in [5.74, 6) is 1.08. The van der Waals surface area contributed by atoms with E-state index in [9.17, 15) is 9.59 Å². The summed E-state index contributed by atoms with van der Waals surface area (Å²) in [5, 5.41) is 9.24. The minimum Gasteiger partial charge on any atom is -0.370 e. The van der Waals surface area contributed by atoms with E-state index in [-0.39, 0.29) is 29.9 Å². The minimum atomic E-state index is -0.362. The molecule has 0 saturated heterocycles. The molecule has 2 aromatic heterocycles. The van der Waals surface area contributed by atoms with E-state index in [0.29, 0.717) is 17.5 Å². The van der Waals surface area contributed by atoms with Gasteiger partial charge in [0, 0.05) is 36.3 Å². The summed E-state index contributed by atoms with van der Waals surface area (Å²) in [5.41, 5.74) is 9.28. The maximum absolute atomic E-state index is 13.2. The predicted octanol–water partition coefficient (Wildman–Crippen LogP) is 4.35. The van der Waals surface area contributed by atoms with Crippen molar-refractivity contribution in [3.63, 3.8) is 0 Å². The van der Waals surface area contributed by atoms with Gasteiger partial charge in [-0.15, -0.1) is 10.2 Å². The van der Waals surface area contributed by atoms with Crippen molar-refractivity contribution in [2.75, 3.05) is 5.75 Å². The lowest BCUT2D eigenvalue weighted by atomic mass is 10.1. The van der Waals surface area contributed by atoms with Crippen LogP contribution in [0.2, 0.25) is 0 Å². The van der Waals surface area contributed by atoms with Crippen molar-refractivity contribution >= 4 is 23.5 Å². The van der Waals surface area contributed by atoms with Gasteiger partial charge in [0.2, 0.25) is 5.91 Å². The van der Waals surface area contributed by atoms with Crippen LogP contribution in [0.25, 0.3) is 0 Å². The third-order valence-corrected chi connectivity index (χ3v) is 6.69. The lowest BCUT2D eigenvalue weighted by Gasteiger charge is -2.19. The molecule has 0 aliphatic rings. The molecule has 2 N–H and O–H groups in total. The number of Topliss-reactive ketones (excluding diaryl/α,β-unsaturated/α-hetero) is 1. The molecule has 33 heavy (non-hydrogen) atoms. The molecule has 1 unspecified atom stereocenters. The van der Waals surface area contributed by atoms with E-state index in [0.717, 1.165) is 29.3 Å². The largest absolute Gasteiger partial charge is 0.370 e. The van der Waals surface area contributed by atoms with Crippen molar-refractivity contribution < 1.29 is 9.59 Å². The fourth-order valence-corrected chi connectivity index (χ4v) is 4.99. The SMILES string of the molecule is Cc1cc(C(=O)CSc2nnc(CCC(N)=O)n2CC(C)C)c(C)n1C(C)c1ccccc1. The number of aryl methyl sites for hydroxylation is 2. The van der Waals surface area contributed by atoms with Gasteiger partial charge in [0.1, 0.15) is 5.82 Å². The average molecular weight is 468 g/mol. The normalized spacial score (nSPS) is 12.3. The molecule has 0 radical (unpaired) electrons. The highest BCUT2D eigenvalue weighted by atomic mass is 32.2. The number of aromatic nitrogens is 4. The standard InChI is InChI=1S/C25H33N5O2S/c1-16(2)14-29-24(12-11-23(26)32)27-28-25(29)33-15-22(31)21-13-17(3)30(19(21)5)18(4)20-9-7-6-8-10-20/h6-10,13,16,18H,11-12,14-15H2,1-5H3,(H2,26,32). The minimum absolute atomic E-state index is 0.0670. The first-order valence-electron chi connectivity index (χ1n) is 11.3. The Balaban J connectivity index is 1.77. The first-order chi connectivity index (χ1) is 15.7. The van der Waals surface area contributed by atoms with E-state index in [1.54, 1.807) is 0 Å². The molecule has 7 nitrogen and oxygen atoms in total. The van der Waals surface area contributed by atoms with Crippen LogP contribution in [-0.4, -0.2) is 36.8 Å².